The van der Waals surface area contributed by atoms with Gasteiger partial charge in [-0.1, -0.05) is 40.5 Å². The van der Waals surface area contributed by atoms with Crippen molar-refractivity contribution in [3.63, 3.8) is 0 Å². The van der Waals surface area contributed by atoms with Crippen molar-refractivity contribution in [2.45, 2.75) is 77.8 Å². The van der Waals surface area contributed by atoms with Crippen molar-refractivity contribution in [3.8, 4) is 0 Å². The number of hydrogen-bond donors (Lipinski definition) is 1. The molecule has 1 saturated carbocycles. The lowest BCUT2D eigenvalue weighted by Gasteiger charge is -2.23. The summed E-state index contributed by atoms with van der Waals surface area (Å²) in [7, 11) is 2.23. The Balaban J connectivity index is 2.18. The maximum absolute atomic E-state index is 5.01. The molecule has 0 bridgehead atoms. The molecule has 0 saturated heterocycles. The minimum absolute atomic E-state index is 0.120. The molecule has 3 nitrogen and oxygen atoms in total. The average Bonchev–Trinajstić information content (AvgIpc) is 3.07. The first-order valence-corrected chi connectivity index (χ1v) is 9.19. The van der Waals surface area contributed by atoms with E-state index in [1.807, 2.05) is 11.3 Å². The second-order valence-electron chi connectivity index (χ2n) is 7.24. The molecule has 0 atom stereocenters. The van der Waals surface area contributed by atoms with E-state index in [0.717, 1.165) is 13.1 Å². The zero-order valence-electron chi connectivity index (χ0n) is 14.3. The van der Waals surface area contributed by atoms with Gasteiger partial charge in [0.1, 0.15) is 0 Å². The van der Waals surface area contributed by atoms with Crippen LogP contribution in [0.3, 0.4) is 0 Å². The van der Waals surface area contributed by atoms with Gasteiger partial charge in [0.05, 0.1) is 5.69 Å². The lowest BCUT2D eigenvalue weighted by molar-refractivity contribution is 0.557. The van der Waals surface area contributed by atoms with Gasteiger partial charge in [-0.25, -0.2) is 4.98 Å². The molecular formula is C17H31N3S. The van der Waals surface area contributed by atoms with Crippen LogP contribution in [0, 0.1) is 0 Å². The molecule has 0 aromatic carbocycles. The molecule has 1 N–H and O–H groups in total. The second kappa shape index (κ2) is 7.10. The van der Waals surface area contributed by atoms with Crippen LogP contribution >= 0.6 is 11.3 Å². The minimum Gasteiger partial charge on any atom is -0.348 e. The number of aromatic nitrogens is 1. The number of rotatable bonds is 6. The summed E-state index contributed by atoms with van der Waals surface area (Å²) in [5.41, 5.74) is 1.39. The summed E-state index contributed by atoms with van der Waals surface area (Å²) in [4.78, 5) is 8.85. The van der Waals surface area contributed by atoms with Gasteiger partial charge in [-0.2, -0.15) is 0 Å². The van der Waals surface area contributed by atoms with Crippen molar-refractivity contribution < 1.29 is 0 Å². The van der Waals surface area contributed by atoms with E-state index in [9.17, 15) is 0 Å². The number of anilines is 1. The summed E-state index contributed by atoms with van der Waals surface area (Å²) in [6, 6.07) is 0.695. The molecule has 0 radical (unpaired) electrons. The molecule has 0 aliphatic heterocycles. The molecule has 0 amide bonds. The molecule has 21 heavy (non-hydrogen) atoms. The van der Waals surface area contributed by atoms with Crippen LogP contribution < -0.4 is 10.2 Å². The number of hydrogen-bond acceptors (Lipinski definition) is 4. The van der Waals surface area contributed by atoms with Gasteiger partial charge < -0.3 is 10.2 Å². The predicted molar refractivity (Wildman–Crippen MR) is 93.5 cm³/mol. The number of thiazole rings is 1. The van der Waals surface area contributed by atoms with E-state index in [1.165, 1.54) is 47.8 Å². The minimum atomic E-state index is 0.120. The fourth-order valence-electron chi connectivity index (χ4n) is 3.02. The van der Waals surface area contributed by atoms with Gasteiger partial charge in [-0.05, 0) is 25.8 Å². The van der Waals surface area contributed by atoms with Gasteiger partial charge in [-0.3, -0.25) is 0 Å². The highest BCUT2D eigenvalue weighted by Crippen LogP contribution is 2.36. The molecule has 1 aromatic rings. The van der Waals surface area contributed by atoms with Crippen LogP contribution in [0.4, 0.5) is 5.13 Å². The van der Waals surface area contributed by atoms with Crippen LogP contribution in [-0.4, -0.2) is 24.6 Å². The molecule has 1 fully saturated rings. The Labute approximate surface area is 134 Å². The van der Waals surface area contributed by atoms with E-state index in [-0.39, 0.29) is 5.41 Å². The summed E-state index contributed by atoms with van der Waals surface area (Å²) in [6.07, 6.45) is 6.57. The normalized spacial score (nSPS) is 16.6. The van der Waals surface area contributed by atoms with Gasteiger partial charge in [0.2, 0.25) is 0 Å². The Bertz CT molecular complexity index is 441. The molecular weight excluding hydrogens is 278 g/mol. The van der Waals surface area contributed by atoms with Crippen LogP contribution in [0.15, 0.2) is 0 Å². The highest BCUT2D eigenvalue weighted by atomic mass is 32.1. The van der Waals surface area contributed by atoms with E-state index >= 15 is 0 Å². The van der Waals surface area contributed by atoms with Gasteiger partial charge in [0.15, 0.2) is 5.13 Å². The maximum Gasteiger partial charge on any atom is 0.185 e. The first kappa shape index (κ1) is 16.8. The lowest BCUT2D eigenvalue weighted by Crippen LogP contribution is -2.28. The molecule has 120 valence electrons. The van der Waals surface area contributed by atoms with E-state index in [1.54, 1.807) is 0 Å². The Morgan fingerprint density at radius 1 is 1.29 bits per heavy atom. The highest BCUT2D eigenvalue weighted by Gasteiger charge is 2.27. The molecule has 0 spiro atoms. The first-order chi connectivity index (χ1) is 9.93. The number of nitrogens with one attached hydrogen (secondary N) is 1. The third kappa shape index (κ3) is 4.19. The van der Waals surface area contributed by atoms with E-state index in [0.29, 0.717) is 6.04 Å². The summed E-state index contributed by atoms with van der Waals surface area (Å²) >= 11 is 1.88. The second-order valence-corrected chi connectivity index (χ2v) is 8.31. The van der Waals surface area contributed by atoms with Crippen LogP contribution in [0.2, 0.25) is 0 Å². The SMILES string of the molecule is CCCNCc1sc(N(C)C2CCCC2)nc1C(C)(C)C. The van der Waals surface area contributed by atoms with Crippen LogP contribution in [0.5, 0.6) is 0 Å². The smallest absolute Gasteiger partial charge is 0.185 e. The molecule has 1 heterocycles. The Hall–Kier alpha value is -0.610. The monoisotopic (exact) mass is 309 g/mol. The van der Waals surface area contributed by atoms with Crippen molar-refractivity contribution >= 4 is 16.5 Å². The third-order valence-corrected chi connectivity index (χ3v) is 5.43. The van der Waals surface area contributed by atoms with Gasteiger partial charge in [-0.15, -0.1) is 11.3 Å². The molecule has 2 rings (SSSR count). The predicted octanol–water partition coefficient (Wildman–Crippen LogP) is 4.32. The summed E-state index contributed by atoms with van der Waals surface area (Å²) in [5.74, 6) is 0. The van der Waals surface area contributed by atoms with Crippen molar-refractivity contribution in [3.05, 3.63) is 10.6 Å². The lowest BCUT2D eigenvalue weighted by atomic mass is 9.91. The molecule has 4 heteroatoms. The largest absolute Gasteiger partial charge is 0.348 e. The Kier molecular flexibility index (Phi) is 5.67. The summed E-state index contributed by atoms with van der Waals surface area (Å²) in [5, 5.41) is 4.75. The zero-order valence-corrected chi connectivity index (χ0v) is 15.1. The maximum atomic E-state index is 5.01. The van der Waals surface area contributed by atoms with Gasteiger partial charge in [0, 0.05) is 29.9 Å². The van der Waals surface area contributed by atoms with Gasteiger partial charge in [0.25, 0.3) is 0 Å². The van der Waals surface area contributed by atoms with E-state index in [4.69, 9.17) is 4.98 Å². The van der Waals surface area contributed by atoms with Crippen LogP contribution in [0.1, 0.15) is 70.4 Å². The van der Waals surface area contributed by atoms with Gasteiger partial charge >= 0.3 is 0 Å². The van der Waals surface area contributed by atoms with Crippen molar-refractivity contribution in [1.29, 1.82) is 0 Å². The molecule has 0 unspecified atom stereocenters. The number of nitrogens with zero attached hydrogens (tertiary/aromatic N) is 2. The molecule has 1 aliphatic carbocycles. The highest BCUT2D eigenvalue weighted by molar-refractivity contribution is 7.15. The topological polar surface area (TPSA) is 28.2 Å². The quantitative estimate of drug-likeness (QED) is 0.793. The van der Waals surface area contributed by atoms with Crippen LogP contribution in [0.25, 0.3) is 0 Å². The fraction of sp³-hybridized carbons (Fsp3) is 0.824. The standard InChI is InChI=1S/C17H31N3S/c1-6-11-18-12-14-15(17(2,3)4)19-16(21-14)20(5)13-9-7-8-10-13/h13,18H,6-12H2,1-5H3. The van der Waals surface area contributed by atoms with Crippen LogP contribution in [-0.2, 0) is 12.0 Å². The van der Waals surface area contributed by atoms with Crippen molar-refractivity contribution in [2.24, 2.45) is 0 Å². The summed E-state index contributed by atoms with van der Waals surface area (Å²) < 4.78 is 0. The fourth-order valence-corrected chi connectivity index (χ4v) is 4.30. The average molecular weight is 310 g/mol. The zero-order chi connectivity index (χ0) is 15.5. The first-order valence-electron chi connectivity index (χ1n) is 8.37. The Morgan fingerprint density at radius 2 is 1.95 bits per heavy atom. The molecule has 1 aromatic heterocycles. The van der Waals surface area contributed by atoms with Crippen molar-refractivity contribution in [1.82, 2.24) is 10.3 Å². The Morgan fingerprint density at radius 3 is 2.52 bits per heavy atom. The molecule has 1 aliphatic rings. The third-order valence-electron chi connectivity index (χ3n) is 4.28. The van der Waals surface area contributed by atoms with E-state index < -0.39 is 0 Å². The van der Waals surface area contributed by atoms with E-state index in [2.05, 4.69) is 45.0 Å². The van der Waals surface area contributed by atoms with Crippen molar-refractivity contribution in [2.75, 3.05) is 18.5 Å². The summed E-state index contributed by atoms with van der Waals surface area (Å²) in [6.45, 7) is 11.1.